The lowest BCUT2D eigenvalue weighted by atomic mass is 9.72. The van der Waals surface area contributed by atoms with Crippen molar-refractivity contribution in [3.05, 3.63) is 46.2 Å². The van der Waals surface area contributed by atoms with Crippen LogP contribution in [0.15, 0.2) is 35.1 Å². The fourth-order valence-electron chi connectivity index (χ4n) is 6.09. The fraction of sp³-hybridized carbons (Fsp3) is 0.522. The Morgan fingerprint density at radius 2 is 1.93 bits per heavy atom. The Kier molecular flexibility index (Phi) is 4.65. The van der Waals surface area contributed by atoms with E-state index in [1.807, 2.05) is 42.3 Å². The Bertz CT molecular complexity index is 1080. The van der Waals surface area contributed by atoms with E-state index in [1.54, 1.807) is 4.57 Å². The minimum atomic E-state index is -0.527. The molecular formula is C23H28N4O3. The summed E-state index contributed by atoms with van der Waals surface area (Å²) in [6, 6.07) is 9.45. The number of aryl methyl sites for hydroxylation is 1. The third-order valence-corrected chi connectivity index (χ3v) is 7.31. The van der Waals surface area contributed by atoms with Crippen molar-refractivity contribution >= 4 is 22.7 Å². The zero-order valence-corrected chi connectivity index (χ0v) is 17.3. The number of carbonyl (C=O) groups is 2. The first kappa shape index (κ1) is 19.3. The molecule has 1 aromatic carbocycles. The van der Waals surface area contributed by atoms with Gasteiger partial charge in [0.05, 0.1) is 5.52 Å². The van der Waals surface area contributed by atoms with Crippen molar-refractivity contribution in [2.24, 2.45) is 24.6 Å². The van der Waals surface area contributed by atoms with E-state index < -0.39 is 11.9 Å². The lowest BCUT2D eigenvalue weighted by Gasteiger charge is -2.55. The highest BCUT2D eigenvalue weighted by Crippen LogP contribution is 2.41. The Morgan fingerprint density at radius 3 is 2.73 bits per heavy atom. The molecule has 3 saturated heterocycles. The van der Waals surface area contributed by atoms with Crippen molar-refractivity contribution in [2.45, 2.75) is 44.3 Å². The van der Waals surface area contributed by atoms with Crippen molar-refractivity contribution in [2.75, 3.05) is 13.1 Å². The van der Waals surface area contributed by atoms with Gasteiger partial charge in [0, 0.05) is 50.6 Å². The van der Waals surface area contributed by atoms with Crippen molar-refractivity contribution in [1.82, 2.24) is 14.4 Å². The molecule has 0 spiro atoms. The molecule has 5 rings (SSSR count). The summed E-state index contributed by atoms with van der Waals surface area (Å²) < 4.78 is 1.71. The first-order valence-electron chi connectivity index (χ1n) is 10.8. The molecule has 4 atom stereocenters. The molecule has 3 fully saturated rings. The van der Waals surface area contributed by atoms with Crippen LogP contribution in [0, 0.1) is 11.8 Å². The van der Waals surface area contributed by atoms with Gasteiger partial charge in [-0.05, 0) is 42.7 Å². The van der Waals surface area contributed by atoms with Gasteiger partial charge in [-0.3, -0.25) is 19.3 Å². The number of nitrogens with zero attached hydrogens (tertiary/aromatic N) is 3. The minimum absolute atomic E-state index is 0.0188. The van der Waals surface area contributed by atoms with E-state index in [2.05, 4.69) is 4.90 Å². The number of primary amides is 1. The number of aromatic nitrogens is 1. The minimum Gasteiger partial charge on any atom is -0.368 e. The zero-order valence-electron chi connectivity index (χ0n) is 17.3. The van der Waals surface area contributed by atoms with Crippen LogP contribution >= 0.6 is 0 Å². The highest BCUT2D eigenvalue weighted by atomic mass is 16.2. The number of hydrogen-bond donors (Lipinski definition) is 1. The number of benzene rings is 1. The summed E-state index contributed by atoms with van der Waals surface area (Å²) >= 11 is 0. The van der Waals surface area contributed by atoms with Gasteiger partial charge in [0.1, 0.15) is 6.04 Å². The van der Waals surface area contributed by atoms with Crippen LogP contribution in [0.3, 0.4) is 0 Å². The molecule has 30 heavy (non-hydrogen) atoms. The first-order valence-corrected chi connectivity index (χ1v) is 10.8. The highest BCUT2D eigenvalue weighted by molar-refractivity contribution is 5.88. The van der Waals surface area contributed by atoms with Gasteiger partial charge in [-0.2, -0.15) is 0 Å². The second-order valence-corrected chi connectivity index (χ2v) is 9.15. The predicted molar refractivity (Wildman–Crippen MR) is 114 cm³/mol. The molecule has 2 N–H and O–H groups in total. The van der Waals surface area contributed by atoms with Crippen LogP contribution in [0.25, 0.3) is 10.9 Å². The summed E-state index contributed by atoms with van der Waals surface area (Å²) in [5.41, 5.74) is 7.48. The largest absolute Gasteiger partial charge is 0.368 e. The Hall–Kier alpha value is -2.67. The van der Waals surface area contributed by atoms with Crippen LogP contribution in [0.4, 0.5) is 0 Å². The summed E-state index contributed by atoms with van der Waals surface area (Å²) in [6.07, 6.45) is 3.24. The predicted octanol–water partition coefficient (Wildman–Crippen LogP) is 1.23. The van der Waals surface area contributed by atoms with Gasteiger partial charge in [-0.1, -0.05) is 18.2 Å². The quantitative estimate of drug-likeness (QED) is 0.827. The molecule has 7 nitrogen and oxygen atoms in total. The molecule has 0 unspecified atom stereocenters. The normalized spacial score (nSPS) is 29.1. The van der Waals surface area contributed by atoms with Gasteiger partial charge < -0.3 is 15.2 Å². The molecule has 0 aliphatic carbocycles. The second kappa shape index (κ2) is 7.23. The van der Waals surface area contributed by atoms with E-state index in [1.165, 1.54) is 0 Å². The average molecular weight is 409 g/mol. The number of hydrogen-bond acceptors (Lipinski definition) is 4. The molecule has 4 heterocycles. The zero-order chi connectivity index (χ0) is 21.0. The van der Waals surface area contributed by atoms with E-state index in [-0.39, 0.29) is 23.4 Å². The van der Waals surface area contributed by atoms with Gasteiger partial charge in [0.15, 0.2) is 0 Å². The monoisotopic (exact) mass is 408 g/mol. The number of piperidine rings is 3. The number of amides is 2. The number of rotatable bonds is 3. The van der Waals surface area contributed by atoms with Crippen molar-refractivity contribution in [1.29, 1.82) is 0 Å². The third kappa shape index (κ3) is 3.03. The van der Waals surface area contributed by atoms with Crippen LogP contribution in [-0.4, -0.2) is 51.4 Å². The Morgan fingerprint density at radius 1 is 1.17 bits per heavy atom. The number of fused-ring (bicyclic) bond motifs is 5. The van der Waals surface area contributed by atoms with Gasteiger partial charge in [-0.15, -0.1) is 0 Å². The molecule has 3 aliphatic heterocycles. The molecular weight excluding hydrogens is 380 g/mol. The lowest BCUT2D eigenvalue weighted by Crippen LogP contribution is -2.67. The van der Waals surface area contributed by atoms with Crippen LogP contribution in [0.1, 0.15) is 31.2 Å². The molecule has 1 aromatic heterocycles. The van der Waals surface area contributed by atoms with Gasteiger partial charge in [0.2, 0.25) is 11.8 Å². The van der Waals surface area contributed by atoms with E-state index in [0.29, 0.717) is 25.4 Å². The topological polar surface area (TPSA) is 88.6 Å². The molecule has 158 valence electrons. The summed E-state index contributed by atoms with van der Waals surface area (Å²) in [4.78, 5) is 42.0. The summed E-state index contributed by atoms with van der Waals surface area (Å²) in [6.45, 7) is 2.07. The summed E-state index contributed by atoms with van der Waals surface area (Å²) in [5, 5.41) is 1.05. The van der Waals surface area contributed by atoms with Crippen molar-refractivity contribution < 1.29 is 9.59 Å². The molecule has 0 radical (unpaired) electrons. The van der Waals surface area contributed by atoms with Crippen LogP contribution in [0.5, 0.6) is 0 Å². The highest BCUT2D eigenvalue weighted by Gasteiger charge is 2.51. The lowest BCUT2D eigenvalue weighted by molar-refractivity contribution is -0.159. The number of likely N-dealkylation sites (tertiary alicyclic amines) is 1. The van der Waals surface area contributed by atoms with Crippen molar-refractivity contribution in [3.8, 4) is 0 Å². The summed E-state index contributed by atoms with van der Waals surface area (Å²) in [7, 11) is 1.81. The molecule has 7 heteroatoms. The molecule has 2 bridgehead atoms. The van der Waals surface area contributed by atoms with E-state index >= 15 is 0 Å². The number of nitrogens with two attached hydrogens (primary N) is 1. The SMILES string of the molecule is Cn1c(=O)c(CN2C[C@H]3C[C@@H](C2)[C@H](C(N)=O)N2C(=O)CCC[C@@H]32)cc2ccccc21. The van der Waals surface area contributed by atoms with E-state index in [0.717, 1.165) is 42.3 Å². The van der Waals surface area contributed by atoms with Crippen molar-refractivity contribution in [3.63, 3.8) is 0 Å². The van der Waals surface area contributed by atoms with Crippen LogP contribution in [0.2, 0.25) is 0 Å². The maximum atomic E-state index is 13.0. The Balaban J connectivity index is 1.45. The molecule has 0 saturated carbocycles. The number of carbonyl (C=O) groups excluding carboxylic acids is 2. The molecule has 2 amide bonds. The third-order valence-electron chi connectivity index (χ3n) is 7.31. The Labute approximate surface area is 175 Å². The molecule has 2 aromatic rings. The van der Waals surface area contributed by atoms with Gasteiger partial charge in [-0.25, -0.2) is 0 Å². The maximum absolute atomic E-state index is 13.0. The van der Waals surface area contributed by atoms with E-state index in [9.17, 15) is 14.4 Å². The standard InChI is InChI=1S/C23H28N4O3/c1-25-18-6-3-2-5-14(18)9-17(23(25)30)13-26-11-15-10-16(12-26)21(22(24)29)27-19(15)7-4-8-20(27)28/h2-3,5-6,9,15-16,19,21H,4,7-8,10-13H2,1H3,(H2,24,29)/t15-,16+,19+,21-/m1/s1. The fourth-order valence-corrected chi connectivity index (χ4v) is 6.09. The number of para-hydroxylation sites is 1. The maximum Gasteiger partial charge on any atom is 0.255 e. The first-order chi connectivity index (χ1) is 14.4. The smallest absolute Gasteiger partial charge is 0.255 e. The van der Waals surface area contributed by atoms with Gasteiger partial charge in [0.25, 0.3) is 5.56 Å². The van der Waals surface area contributed by atoms with Gasteiger partial charge >= 0.3 is 0 Å². The summed E-state index contributed by atoms with van der Waals surface area (Å²) in [5.74, 6) is 0.0283. The average Bonchev–Trinajstić information content (AvgIpc) is 2.72. The van der Waals surface area contributed by atoms with Crippen LogP contribution in [-0.2, 0) is 23.2 Å². The number of pyridine rings is 1. The van der Waals surface area contributed by atoms with Crippen LogP contribution < -0.4 is 11.3 Å². The second-order valence-electron chi connectivity index (χ2n) is 9.15. The molecule has 3 aliphatic rings. The van der Waals surface area contributed by atoms with E-state index in [4.69, 9.17) is 5.73 Å².